The van der Waals surface area contributed by atoms with Crippen LogP contribution in [0, 0.1) is 0 Å². The molecule has 0 spiro atoms. The van der Waals surface area contributed by atoms with Crippen LogP contribution in [0.3, 0.4) is 0 Å². The van der Waals surface area contributed by atoms with Crippen molar-refractivity contribution in [3.63, 3.8) is 0 Å². The number of amides is 1. The van der Waals surface area contributed by atoms with Gasteiger partial charge in [0.15, 0.2) is 11.5 Å². The Bertz CT molecular complexity index is 1080. The summed E-state index contributed by atoms with van der Waals surface area (Å²) in [6.45, 7) is -0.951. The Kier molecular flexibility index (Phi) is 7.83. The van der Waals surface area contributed by atoms with Crippen LogP contribution in [-0.2, 0) is 11.8 Å². The summed E-state index contributed by atoms with van der Waals surface area (Å²) in [4.78, 5) is 17.0. The van der Waals surface area contributed by atoms with Crippen LogP contribution in [-0.4, -0.2) is 28.7 Å². The number of carbonyl (C=O) groups is 1. The second-order valence-corrected chi connectivity index (χ2v) is 7.18. The monoisotopic (exact) mass is 461 g/mol. The molecule has 3 rings (SSSR count). The third kappa shape index (κ3) is 6.07. The molecule has 168 valence electrons. The summed E-state index contributed by atoms with van der Waals surface area (Å²) in [6, 6.07) is 11.1. The van der Waals surface area contributed by atoms with Crippen molar-refractivity contribution < 1.29 is 23.0 Å². The highest BCUT2D eigenvalue weighted by atomic mass is 35.5. The number of halogens is 3. The molecular formula is C23H22ClF2N3O3. The molecule has 6 nitrogen and oxygen atoms in total. The van der Waals surface area contributed by atoms with Crippen LogP contribution in [0.2, 0.25) is 5.02 Å². The molecule has 0 saturated heterocycles. The number of hydrogen-bond donors (Lipinski definition) is 1. The van der Waals surface area contributed by atoms with Gasteiger partial charge in [-0.15, -0.1) is 0 Å². The van der Waals surface area contributed by atoms with E-state index in [1.54, 1.807) is 43.6 Å². The van der Waals surface area contributed by atoms with Gasteiger partial charge >= 0.3 is 6.61 Å². The largest absolute Gasteiger partial charge is 0.490 e. The van der Waals surface area contributed by atoms with Crippen molar-refractivity contribution >= 4 is 23.6 Å². The summed E-state index contributed by atoms with van der Waals surface area (Å²) in [5.41, 5.74) is 1.41. The number of hydrogen-bond acceptors (Lipinski definition) is 4. The normalized spacial score (nSPS) is 12.2. The number of imidazole rings is 1. The summed E-state index contributed by atoms with van der Waals surface area (Å²) in [7, 11) is 1.84. The third-order valence-electron chi connectivity index (χ3n) is 4.52. The Morgan fingerprint density at radius 3 is 2.59 bits per heavy atom. The number of carbonyl (C=O) groups excluding carboxylic acids is 1. The Balaban J connectivity index is 1.79. The highest BCUT2D eigenvalue weighted by molar-refractivity contribution is 6.30. The minimum atomic E-state index is -2.96. The molecule has 0 fully saturated rings. The van der Waals surface area contributed by atoms with E-state index in [2.05, 4.69) is 15.0 Å². The quantitative estimate of drug-likeness (QED) is 0.456. The first kappa shape index (κ1) is 23.3. The van der Waals surface area contributed by atoms with Crippen molar-refractivity contribution in [3.05, 3.63) is 82.9 Å². The fraction of sp³-hybridized carbons (Fsp3) is 0.217. The van der Waals surface area contributed by atoms with Gasteiger partial charge in [0.05, 0.1) is 6.61 Å². The number of rotatable bonds is 9. The first-order valence-corrected chi connectivity index (χ1v) is 10.2. The third-order valence-corrected chi connectivity index (χ3v) is 4.77. The molecule has 0 bridgehead atoms. The van der Waals surface area contributed by atoms with Crippen LogP contribution in [0.4, 0.5) is 8.78 Å². The molecule has 1 heterocycles. The molecule has 0 aliphatic heterocycles. The van der Waals surface area contributed by atoms with Crippen LogP contribution < -0.4 is 14.8 Å². The lowest BCUT2D eigenvalue weighted by molar-refractivity contribution is -0.117. The van der Waals surface area contributed by atoms with Crippen molar-refractivity contribution in [3.8, 4) is 11.5 Å². The minimum Gasteiger partial charge on any atom is -0.490 e. The predicted octanol–water partition coefficient (Wildman–Crippen LogP) is 4.99. The van der Waals surface area contributed by atoms with Gasteiger partial charge in [-0.1, -0.05) is 29.8 Å². The van der Waals surface area contributed by atoms with E-state index in [9.17, 15) is 13.6 Å². The molecule has 32 heavy (non-hydrogen) atoms. The Hall–Kier alpha value is -3.39. The maximum absolute atomic E-state index is 12.7. The van der Waals surface area contributed by atoms with E-state index in [4.69, 9.17) is 16.3 Å². The van der Waals surface area contributed by atoms with Crippen molar-refractivity contribution in [2.75, 3.05) is 6.61 Å². The number of aromatic nitrogens is 2. The molecule has 1 unspecified atom stereocenters. The molecule has 1 amide bonds. The lowest BCUT2D eigenvalue weighted by Gasteiger charge is -2.18. The summed E-state index contributed by atoms with van der Waals surface area (Å²) >= 11 is 5.99. The van der Waals surface area contributed by atoms with Gasteiger partial charge in [0.2, 0.25) is 5.91 Å². The van der Waals surface area contributed by atoms with Gasteiger partial charge in [-0.2, -0.15) is 8.78 Å². The number of nitrogens with zero attached hydrogens (tertiary/aromatic N) is 2. The van der Waals surface area contributed by atoms with Crippen molar-refractivity contribution in [1.29, 1.82) is 0 Å². The van der Waals surface area contributed by atoms with E-state index >= 15 is 0 Å². The van der Waals surface area contributed by atoms with Crippen molar-refractivity contribution in [2.45, 2.75) is 19.6 Å². The number of aryl methyl sites for hydroxylation is 1. The SMILES string of the molecule is CCOc1cc(/C=C/C(=O)NC(c2ccc(Cl)cc2)c2nccn2C)ccc1OC(F)F. The number of nitrogens with one attached hydrogen (secondary N) is 1. The van der Waals surface area contributed by atoms with Gasteiger partial charge in [-0.25, -0.2) is 4.98 Å². The van der Waals surface area contributed by atoms with Crippen LogP contribution in [0.5, 0.6) is 11.5 Å². The summed E-state index contributed by atoms with van der Waals surface area (Å²) in [6.07, 6.45) is 6.35. The topological polar surface area (TPSA) is 65.4 Å². The number of alkyl halides is 2. The molecule has 3 aromatic rings. The zero-order valence-corrected chi connectivity index (χ0v) is 18.2. The van der Waals surface area contributed by atoms with E-state index in [1.807, 2.05) is 23.7 Å². The molecule has 1 atom stereocenters. The van der Waals surface area contributed by atoms with E-state index in [-0.39, 0.29) is 24.0 Å². The smallest absolute Gasteiger partial charge is 0.387 e. The molecule has 1 aromatic heterocycles. The predicted molar refractivity (Wildman–Crippen MR) is 118 cm³/mol. The molecule has 0 aliphatic rings. The number of ether oxygens (including phenoxy) is 2. The molecule has 1 N–H and O–H groups in total. The van der Waals surface area contributed by atoms with Gasteiger partial charge in [0.25, 0.3) is 0 Å². The molecule has 2 aromatic carbocycles. The standard InChI is InChI=1S/C23H22ClF2N3O3/c1-3-31-19-14-15(4-10-18(19)32-23(25)26)5-11-20(30)28-21(22-27-12-13-29(22)2)16-6-8-17(24)9-7-16/h4-14,21,23H,3H2,1-2H3,(H,28,30)/b11-5+. The van der Waals surface area contributed by atoms with Crippen LogP contribution in [0.15, 0.2) is 60.9 Å². The van der Waals surface area contributed by atoms with Gasteiger partial charge in [-0.05, 0) is 48.4 Å². The minimum absolute atomic E-state index is 0.0685. The van der Waals surface area contributed by atoms with Gasteiger partial charge in [0.1, 0.15) is 11.9 Å². The highest BCUT2D eigenvalue weighted by Gasteiger charge is 2.20. The first-order valence-electron chi connectivity index (χ1n) is 9.80. The van der Waals surface area contributed by atoms with Crippen LogP contribution in [0.1, 0.15) is 29.9 Å². The van der Waals surface area contributed by atoms with E-state index in [0.29, 0.717) is 16.4 Å². The van der Waals surface area contributed by atoms with Crippen molar-refractivity contribution in [1.82, 2.24) is 14.9 Å². The van der Waals surface area contributed by atoms with Crippen LogP contribution >= 0.6 is 11.6 Å². The first-order chi connectivity index (χ1) is 15.4. The van der Waals surface area contributed by atoms with E-state index in [0.717, 1.165) is 5.56 Å². The Labute approximate surface area is 189 Å². The molecule has 0 radical (unpaired) electrons. The Morgan fingerprint density at radius 1 is 1.22 bits per heavy atom. The molecule has 9 heteroatoms. The maximum Gasteiger partial charge on any atom is 0.387 e. The average Bonchev–Trinajstić information content (AvgIpc) is 3.18. The molecule has 0 aliphatic carbocycles. The summed E-state index contributed by atoms with van der Waals surface area (Å²) < 4.78 is 36.8. The van der Waals surface area contributed by atoms with Gasteiger partial charge < -0.3 is 19.4 Å². The summed E-state index contributed by atoms with van der Waals surface area (Å²) in [5, 5.41) is 3.52. The molecular weight excluding hydrogens is 440 g/mol. The lowest BCUT2D eigenvalue weighted by Crippen LogP contribution is -2.29. The van der Waals surface area contributed by atoms with Gasteiger partial charge in [0, 0.05) is 30.5 Å². The fourth-order valence-electron chi connectivity index (χ4n) is 3.06. The maximum atomic E-state index is 12.7. The number of benzene rings is 2. The fourth-order valence-corrected chi connectivity index (χ4v) is 3.19. The zero-order chi connectivity index (χ0) is 23.1. The lowest BCUT2D eigenvalue weighted by atomic mass is 10.1. The molecule has 0 saturated carbocycles. The zero-order valence-electron chi connectivity index (χ0n) is 17.5. The van der Waals surface area contributed by atoms with Crippen LogP contribution in [0.25, 0.3) is 6.08 Å². The Morgan fingerprint density at radius 2 is 1.97 bits per heavy atom. The average molecular weight is 462 g/mol. The second-order valence-electron chi connectivity index (χ2n) is 6.74. The van der Waals surface area contributed by atoms with E-state index in [1.165, 1.54) is 18.2 Å². The van der Waals surface area contributed by atoms with E-state index < -0.39 is 12.7 Å². The second kappa shape index (κ2) is 10.8. The van der Waals surface area contributed by atoms with Gasteiger partial charge in [-0.3, -0.25) is 4.79 Å². The highest BCUT2D eigenvalue weighted by Crippen LogP contribution is 2.30. The van der Waals surface area contributed by atoms with Crippen molar-refractivity contribution in [2.24, 2.45) is 7.05 Å². The summed E-state index contributed by atoms with van der Waals surface area (Å²) in [5.74, 6) is 0.392.